The van der Waals surface area contributed by atoms with Gasteiger partial charge in [0.05, 0.1) is 24.1 Å². The van der Waals surface area contributed by atoms with E-state index in [0.717, 1.165) is 37.4 Å². The van der Waals surface area contributed by atoms with Crippen LogP contribution in [0.4, 0.5) is 0 Å². The third kappa shape index (κ3) is 5.61. The van der Waals surface area contributed by atoms with E-state index in [9.17, 15) is 4.79 Å². The van der Waals surface area contributed by atoms with Crippen LogP contribution in [0.1, 0.15) is 40.9 Å². The van der Waals surface area contributed by atoms with Crippen molar-refractivity contribution >= 4 is 17.2 Å². The maximum Gasteiger partial charge on any atom is 0.217 e. The van der Waals surface area contributed by atoms with Crippen LogP contribution in [0.15, 0.2) is 24.5 Å². The highest BCUT2D eigenvalue weighted by atomic mass is 32.1. The molecule has 1 saturated heterocycles. The molecule has 0 radical (unpaired) electrons. The van der Waals surface area contributed by atoms with Gasteiger partial charge in [-0.05, 0) is 57.3 Å². The summed E-state index contributed by atoms with van der Waals surface area (Å²) >= 11 is 1.91. The summed E-state index contributed by atoms with van der Waals surface area (Å²) in [7, 11) is 0. The van der Waals surface area contributed by atoms with Crippen molar-refractivity contribution in [2.75, 3.05) is 13.1 Å². The molecule has 134 valence electrons. The zero-order chi connectivity index (χ0) is 17.6. The minimum atomic E-state index is -0.0460. The SMILES string of the molecule is CC(=O)NCc1cnc(CC2CCN(Cc3ccc(C)s3)CC2)cn1. The molecule has 1 fully saturated rings. The molecule has 0 aromatic carbocycles. The van der Waals surface area contributed by atoms with E-state index >= 15 is 0 Å². The van der Waals surface area contributed by atoms with E-state index in [0.29, 0.717) is 12.5 Å². The molecule has 0 bridgehead atoms. The number of rotatable bonds is 6. The van der Waals surface area contributed by atoms with Crippen LogP contribution in [-0.4, -0.2) is 33.9 Å². The van der Waals surface area contributed by atoms with Crippen molar-refractivity contribution < 1.29 is 4.79 Å². The summed E-state index contributed by atoms with van der Waals surface area (Å²) in [6.45, 7) is 7.54. The summed E-state index contributed by atoms with van der Waals surface area (Å²) in [6.07, 6.45) is 7.08. The minimum absolute atomic E-state index is 0.0460. The first-order valence-electron chi connectivity index (χ1n) is 8.90. The summed E-state index contributed by atoms with van der Waals surface area (Å²) < 4.78 is 0. The van der Waals surface area contributed by atoms with Gasteiger partial charge in [0.1, 0.15) is 0 Å². The van der Waals surface area contributed by atoms with Gasteiger partial charge in [-0.15, -0.1) is 11.3 Å². The number of hydrogen-bond donors (Lipinski definition) is 1. The minimum Gasteiger partial charge on any atom is -0.351 e. The number of aryl methyl sites for hydroxylation is 1. The van der Waals surface area contributed by atoms with E-state index in [4.69, 9.17) is 0 Å². The lowest BCUT2D eigenvalue weighted by atomic mass is 9.92. The molecule has 1 amide bonds. The molecule has 25 heavy (non-hydrogen) atoms. The molecular formula is C19H26N4OS. The van der Waals surface area contributed by atoms with Crippen molar-refractivity contribution in [1.82, 2.24) is 20.2 Å². The van der Waals surface area contributed by atoms with Crippen molar-refractivity contribution in [3.05, 3.63) is 45.7 Å². The van der Waals surface area contributed by atoms with Crippen LogP contribution in [0.2, 0.25) is 0 Å². The molecule has 2 aromatic rings. The number of thiophene rings is 1. The van der Waals surface area contributed by atoms with E-state index in [1.54, 1.807) is 6.20 Å². The lowest BCUT2D eigenvalue weighted by Gasteiger charge is -2.31. The van der Waals surface area contributed by atoms with Crippen molar-refractivity contribution in [1.29, 1.82) is 0 Å². The Kier molecular flexibility index (Phi) is 6.15. The third-order valence-electron chi connectivity index (χ3n) is 4.66. The fourth-order valence-corrected chi connectivity index (χ4v) is 4.16. The number of carbonyl (C=O) groups excluding carboxylic acids is 1. The maximum atomic E-state index is 10.9. The van der Waals surface area contributed by atoms with Crippen molar-refractivity contribution in [2.45, 2.75) is 46.2 Å². The Labute approximate surface area is 153 Å². The normalized spacial score (nSPS) is 16.1. The molecular weight excluding hydrogens is 332 g/mol. The van der Waals surface area contributed by atoms with Gasteiger partial charge in [0.25, 0.3) is 0 Å². The van der Waals surface area contributed by atoms with Gasteiger partial charge in [-0.1, -0.05) is 0 Å². The summed E-state index contributed by atoms with van der Waals surface area (Å²) in [4.78, 5) is 25.3. The first-order chi connectivity index (χ1) is 12.1. The van der Waals surface area contributed by atoms with Gasteiger partial charge in [-0.3, -0.25) is 19.7 Å². The molecule has 5 nitrogen and oxygen atoms in total. The first kappa shape index (κ1) is 18.0. The van der Waals surface area contributed by atoms with Gasteiger partial charge in [-0.25, -0.2) is 0 Å². The summed E-state index contributed by atoms with van der Waals surface area (Å²) in [5.74, 6) is 0.646. The predicted octanol–water partition coefficient (Wildman–Crippen LogP) is 2.94. The maximum absolute atomic E-state index is 10.9. The van der Waals surface area contributed by atoms with Crippen LogP contribution in [0.3, 0.4) is 0 Å². The molecule has 2 aromatic heterocycles. The van der Waals surface area contributed by atoms with Crippen molar-refractivity contribution in [2.24, 2.45) is 5.92 Å². The lowest BCUT2D eigenvalue weighted by Crippen LogP contribution is -2.33. The number of carbonyl (C=O) groups is 1. The second-order valence-electron chi connectivity index (χ2n) is 6.84. The topological polar surface area (TPSA) is 58.1 Å². The molecule has 0 aliphatic carbocycles. The highest BCUT2D eigenvalue weighted by Gasteiger charge is 2.20. The Balaban J connectivity index is 1.43. The fourth-order valence-electron chi connectivity index (χ4n) is 3.23. The van der Waals surface area contributed by atoms with Crippen LogP contribution < -0.4 is 5.32 Å². The molecule has 6 heteroatoms. The summed E-state index contributed by atoms with van der Waals surface area (Å²) in [5.41, 5.74) is 1.86. The van der Waals surface area contributed by atoms with E-state index in [1.165, 1.54) is 29.5 Å². The number of nitrogens with one attached hydrogen (secondary N) is 1. The molecule has 3 heterocycles. The molecule has 1 aliphatic heterocycles. The van der Waals surface area contributed by atoms with E-state index in [-0.39, 0.29) is 5.91 Å². The van der Waals surface area contributed by atoms with Crippen molar-refractivity contribution in [3.8, 4) is 0 Å². The molecule has 0 spiro atoms. The Bertz CT molecular complexity index is 690. The first-order valence-corrected chi connectivity index (χ1v) is 9.72. The lowest BCUT2D eigenvalue weighted by molar-refractivity contribution is -0.119. The zero-order valence-electron chi connectivity index (χ0n) is 15.0. The second kappa shape index (κ2) is 8.54. The number of piperidine rings is 1. The van der Waals surface area contributed by atoms with Gasteiger partial charge in [0.2, 0.25) is 5.91 Å². The number of aromatic nitrogens is 2. The van der Waals surface area contributed by atoms with Gasteiger partial charge in [0, 0.05) is 29.4 Å². The number of nitrogens with zero attached hydrogens (tertiary/aromatic N) is 3. The van der Waals surface area contributed by atoms with E-state index < -0.39 is 0 Å². The zero-order valence-corrected chi connectivity index (χ0v) is 15.8. The van der Waals surface area contributed by atoms with E-state index in [1.807, 2.05) is 17.5 Å². The molecule has 1 aliphatic rings. The standard InChI is InChI=1S/C19H26N4OS/c1-14-3-4-19(25-14)13-23-7-5-16(6-8-23)9-17-10-22-18(12-21-17)11-20-15(2)24/h3-4,10,12,16H,5-9,11,13H2,1-2H3,(H,20,24). The second-order valence-corrected chi connectivity index (χ2v) is 8.22. The van der Waals surface area contributed by atoms with Crippen LogP contribution in [0.25, 0.3) is 0 Å². The summed E-state index contributed by atoms with van der Waals surface area (Å²) in [6, 6.07) is 4.46. The average Bonchev–Trinajstić information content (AvgIpc) is 3.01. The monoisotopic (exact) mass is 358 g/mol. The highest BCUT2D eigenvalue weighted by molar-refractivity contribution is 7.11. The predicted molar refractivity (Wildman–Crippen MR) is 100 cm³/mol. The Morgan fingerprint density at radius 2 is 1.96 bits per heavy atom. The van der Waals surface area contributed by atoms with Crippen molar-refractivity contribution in [3.63, 3.8) is 0 Å². The van der Waals surface area contributed by atoms with E-state index in [2.05, 4.69) is 39.2 Å². The van der Waals surface area contributed by atoms with Crippen LogP contribution in [0, 0.1) is 12.8 Å². The van der Waals surface area contributed by atoms with Gasteiger partial charge >= 0.3 is 0 Å². The highest BCUT2D eigenvalue weighted by Crippen LogP contribution is 2.24. The van der Waals surface area contributed by atoms with Crippen LogP contribution in [-0.2, 0) is 24.3 Å². The Hall–Kier alpha value is -1.79. The summed E-state index contributed by atoms with van der Waals surface area (Å²) in [5, 5.41) is 2.74. The molecule has 1 N–H and O–H groups in total. The molecule has 0 atom stereocenters. The van der Waals surface area contributed by atoms with Gasteiger partial charge in [0.15, 0.2) is 0 Å². The number of amides is 1. The Morgan fingerprint density at radius 1 is 1.24 bits per heavy atom. The third-order valence-corrected chi connectivity index (χ3v) is 5.64. The number of likely N-dealkylation sites (tertiary alicyclic amines) is 1. The Morgan fingerprint density at radius 3 is 2.56 bits per heavy atom. The molecule has 3 rings (SSSR count). The smallest absolute Gasteiger partial charge is 0.217 e. The van der Waals surface area contributed by atoms with Crippen LogP contribution in [0.5, 0.6) is 0 Å². The molecule has 0 unspecified atom stereocenters. The van der Waals surface area contributed by atoms with Gasteiger partial charge < -0.3 is 5.32 Å². The largest absolute Gasteiger partial charge is 0.351 e. The molecule has 0 saturated carbocycles. The average molecular weight is 359 g/mol. The fraction of sp³-hybridized carbons (Fsp3) is 0.526. The van der Waals surface area contributed by atoms with Gasteiger partial charge in [-0.2, -0.15) is 0 Å². The number of hydrogen-bond acceptors (Lipinski definition) is 5. The van der Waals surface area contributed by atoms with Crippen LogP contribution >= 0.6 is 11.3 Å². The quantitative estimate of drug-likeness (QED) is 0.862.